The van der Waals surface area contributed by atoms with Crippen molar-refractivity contribution >= 4 is 29.1 Å². The third-order valence-corrected chi connectivity index (χ3v) is 5.38. The normalized spacial score (nSPS) is 23.8. The van der Waals surface area contributed by atoms with Crippen molar-refractivity contribution in [2.24, 2.45) is 11.8 Å². The number of fused-ring (bicyclic) bond motifs is 1. The minimum atomic E-state index is -0.380. The van der Waals surface area contributed by atoms with Crippen molar-refractivity contribution in [2.45, 2.75) is 33.1 Å². The maximum Gasteiger partial charge on any atom is 0.271 e. The second-order valence-corrected chi connectivity index (χ2v) is 6.73. The molecular weight excluding hydrogens is 300 g/mol. The number of hydrazine groups is 1. The number of hydrogen-bond donors (Lipinski definition) is 1. The van der Waals surface area contributed by atoms with Crippen LogP contribution in [0, 0.1) is 18.8 Å². The summed E-state index contributed by atoms with van der Waals surface area (Å²) in [7, 11) is 0. The Bertz CT molecular complexity index is 651. The van der Waals surface area contributed by atoms with Crippen LogP contribution in [-0.4, -0.2) is 22.7 Å². The molecule has 0 spiro atoms. The Morgan fingerprint density at radius 3 is 2.41 bits per heavy atom. The van der Waals surface area contributed by atoms with E-state index in [1.165, 1.54) is 11.3 Å². The van der Waals surface area contributed by atoms with Crippen LogP contribution in [0.3, 0.4) is 0 Å². The minimum absolute atomic E-state index is 0.294. The van der Waals surface area contributed by atoms with Crippen LogP contribution in [0.1, 0.15) is 40.6 Å². The first kappa shape index (κ1) is 15.0. The molecule has 1 aromatic heterocycles. The van der Waals surface area contributed by atoms with Gasteiger partial charge in [-0.05, 0) is 31.7 Å². The van der Waals surface area contributed by atoms with Crippen LogP contribution < -0.4 is 5.43 Å². The Hall–Kier alpha value is -1.95. The standard InChI is InChI=1S/C16H18N2O3S/c1-3-10-9(2)22-8-13(10)14(19)17-18-15(20)11-6-4-5-7-12(11)16(18)21/h4-5,8,11-12H,3,6-7H2,1-2H3,(H,17,19)/t11-,12-/m1/s1. The van der Waals surface area contributed by atoms with Gasteiger partial charge in [0, 0.05) is 10.3 Å². The van der Waals surface area contributed by atoms with Gasteiger partial charge in [0.1, 0.15) is 0 Å². The van der Waals surface area contributed by atoms with E-state index >= 15 is 0 Å². The highest BCUT2D eigenvalue weighted by Crippen LogP contribution is 2.34. The molecule has 1 aromatic rings. The van der Waals surface area contributed by atoms with Gasteiger partial charge in [0.05, 0.1) is 17.4 Å². The third-order valence-electron chi connectivity index (χ3n) is 4.42. The number of carbonyl (C=O) groups is 3. The van der Waals surface area contributed by atoms with Crippen LogP contribution in [-0.2, 0) is 16.0 Å². The van der Waals surface area contributed by atoms with Crippen molar-refractivity contribution in [3.63, 3.8) is 0 Å². The molecule has 3 rings (SSSR count). The highest BCUT2D eigenvalue weighted by Gasteiger charge is 2.48. The average Bonchev–Trinajstić information content (AvgIpc) is 3.01. The predicted octanol–water partition coefficient (Wildman–Crippen LogP) is 2.21. The summed E-state index contributed by atoms with van der Waals surface area (Å²) in [5.74, 6) is -1.62. The first-order chi connectivity index (χ1) is 10.5. The van der Waals surface area contributed by atoms with Crippen molar-refractivity contribution in [3.8, 4) is 0 Å². The summed E-state index contributed by atoms with van der Waals surface area (Å²) in [5, 5.41) is 2.71. The van der Waals surface area contributed by atoms with Crippen molar-refractivity contribution in [1.82, 2.24) is 10.4 Å². The molecule has 1 saturated heterocycles. The Kier molecular flexibility index (Phi) is 3.87. The zero-order valence-electron chi connectivity index (χ0n) is 12.6. The fraction of sp³-hybridized carbons (Fsp3) is 0.438. The summed E-state index contributed by atoms with van der Waals surface area (Å²) >= 11 is 1.50. The molecule has 2 atom stereocenters. The zero-order valence-corrected chi connectivity index (χ0v) is 13.4. The van der Waals surface area contributed by atoms with Crippen molar-refractivity contribution in [1.29, 1.82) is 0 Å². The summed E-state index contributed by atoms with van der Waals surface area (Å²) in [5.41, 5.74) is 4.04. The Balaban J connectivity index is 1.80. The Morgan fingerprint density at radius 2 is 1.86 bits per heavy atom. The first-order valence-electron chi connectivity index (χ1n) is 7.45. The lowest BCUT2D eigenvalue weighted by Gasteiger charge is -2.16. The monoisotopic (exact) mass is 318 g/mol. The molecule has 3 amide bonds. The van der Waals surface area contributed by atoms with Gasteiger partial charge in [-0.3, -0.25) is 19.8 Å². The molecule has 1 N–H and O–H groups in total. The third kappa shape index (κ3) is 2.27. The van der Waals surface area contributed by atoms with E-state index < -0.39 is 0 Å². The molecule has 22 heavy (non-hydrogen) atoms. The number of imide groups is 1. The van der Waals surface area contributed by atoms with Crippen molar-refractivity contribution in [2.75, 3.05) is 0 Å². The van der Waals surface area contributed by atoms with E-state index in [0.717, 1.165) is 21.9 Å². The summed E-state index contributed by atoms with van der Waals surface area (Å²) in [6.07, 6.45) is 5.73. The maximum absolute atomic E-state index is 12.4. The first-order valence-corrected chi connectivity index (χ1v) is 8.33. The highest BCUT2D eigenvalue weighted by atomic mass is 32.1. The maximum atomic E-state index is 12.4. The molecule has 0 radical (unpaired) electrons. The number of hydrogen-bond acceptors (Lipinski definition) is 4. The summed E-state index contributed by atoms with van der Waals surface area (Å²) < 4.78 is 0. The van der Waals surface area contributed by atoms with Crippen molar-refractivity contribution < 1.29 is 14.4 Å². The van der Waals surface area contributed by atoms with Gasteiger partial charge in [-0.2, -0.15) is 5.01 Å². The molecule has 0 aromatic carbocycles. The highest BCUT2D eigenvalue weighted by molar-refractivity contribution is 7.10. The lowest BCUT2D eigenvalue weighted by molar-refractivity contribution is -0.142. The molecule has 0 unspecified atom stereocenters. The molecule has 116 valence electrons. The molecule has 5 nitrogen and oxygen atoms in total. The number of nitrogens with zero attached hydrogens (tertiary/aromatic N) is 1. The predicted molar refractivity (Wildman–Crippen MR) is 83.1 cm³/mol. The molecule has 1 fully saturated rings. The number of nitrogens with one attached hydrogen (secondary N) is 1. The summed E-state index contributed by atoms with van der Waals surface area (Å²) in [6, 6.07) is 0. The SMILES string of the molecule is CCc1c(C(=O)NN2C(=O)[C@@H]3CC=CC[C@H]3C2=O)csc1C. The van der Waals surface area contributed by atoms with Crippen LogP contribution in [0.15, 0.2) is 17.5 Å². The second kappa shape index (κ2) is 5.68. The molecule has 1 aliphatic heterocycles. The molecule has 6 heteroatoms. The van der Waals surface area contributed by atoms with E-state index in [2.05, 4.69) is 5.43 Å². The van der Waals surface area contributed by atoms with Gasteiger partial charge in [-0.25, -0.2) is 0 Å². The van der Waals surface area contributed by atoms with E-state index in [1.807, 2.05) is 26.0 Å². The Labute approximate surface area is 133 Å². The molecule has 1 aliphatic carbocycles. The topological polar surface area (TPSA) is 66.5 Å². The number of aryl methyl sites for hydroxylation is 1. The number of thiophene rings is 1. The van der Waals surface area contributed by atoms with Crippen LogP contribution in [0.5, 0.6) is 0 Å². The zero-order chi connectivity index (χ0) is 15.9. The van der Waals surface area contributed by atoms with Gasteiger partial charge < -0.3 is 0 Å². The average molecular weight is 318 g/mol. The van der Waals surface area contributed by atoms with Gasteiger partial charge in [-0.1, -0.05) is 19.1 Å². The van der Waals surface area contributed by atoms with Gasteiger partial charge in [0.25, 0.3) is 17.7 Å². The van der Waals surface area contributed by atoms with Crippen LogP contribution >= 0.6 is 11.3 Å². The summed E-state index contributed by atoms with van der Waals surface area (Å²) in [4.78, 5) is 38.2. The molecule has 0 saturated carbocycles. The van der Waals surface area contributed by atoms with E-state index in [0.29, 0.717) is 18.4 Å². The van der Waals surface area contributed by atoms with Gasteiger partial charge in [-0.15, -0.1) is 11.3 Å². The largest absolute Gasteiger partial charge is 0.272 e. The van der Waals surface area contributed by atoms with Crippen molar-refractivity contribution in [3.05, 3.63) is 33.5 Å². The number of amides is 3. The second-order valence-electron chi connectivity index (χ2n) is 5.65. The quantitative estimate of drug-likeness (QED) is 0.686. The van der Waals surface area contributed by atoms with Gasteiger partial charge >= 0.3 is 0 Å². The van der Waals surface area contributed by atoms with Gasteiger partial charge in [0.15, 0.2) is 0 Å². The van der Waals surface area contributed by atoms with E-state index in [1.54, 1.807) is 5.38 Å². The number of carbonyl (C=O) groups excluding carboxylic acids is 3. The number of allylic oxidation sites excluding steroid dienone is 2. The minimum Gasteiger partial charge on any atom is -0.272 e. The van der Waals surface area contributed by atoms with Crippen LogP contribution in [0.25, 0.3) is 0 Å². The van der Waals surface area contributed by atoms with Gasteiger partial charge in [0.2, 0.25) is 0 Å². The Morgan fingerprint density at radius 1 is 1.27 bits per heavy atom. The van der Waals surface area contributed by atoms with Crippen LogP contribution in [0.2, 0.25) is 0 Å². The van der Waals surface area contributed by atoms with Crippen LogP contribution in [0.4, 0.5) is 0 Å². The summed E-state index contributed by atoms with van der Waals surface area (Å²) in [6.45, 7) is 3.95. The lowest BCUT2D eigenvalue weighted by Crippen LogP contribution is -2.46. The fourth-order valence-electron chi connectivity index (χ4n) is 3.18. The van der Waals surface area contributed by atoms with E-state index in [4.69, 9.17) is 0 Å². The molecule has 2 heterocycles. The molecular formula is C16H18N2O3S. The van der Waals surface area contributed by atoms with E-state index in [-0.39, 0.29) is 29.6 Å². The number of rotatable bonds is 3. The smallest absolute Gasteiger partial charge is 0.271 e. The molecule has 0 bridgehead atoms. The fourth-order valence-corrected chi connectivity index (χ4v) is 4.12. The van der Waals surface area contributed by atoms with E-state index in [9.17, 15) is 14.4 Å². The lowest BCUT2D eigenvalue weighted by atomic mass is 9.85. The molecule has 2 aliphatic rings.